The molecule has 3 aromatic rings. The molecule has 1 aliphatic heterocycles. The Bertz CT molecular complexity index is 900. The summed E-state index contributed by atoms with van der Waals surface area (Å²) < 4.78 is 1.20. The Morgan fingerprint density at radius 2 is 1.69 bits per heavy atom. The number of hydrogen-bond acceptors (Lipinski definition) is 5. The first-order valence-corrected chi connectivity index (χ1v) is 9.69. The molecule has 0 bridgehead atoms. The van der Waals surface area contributed by atoms with Crippen molar-refractivity contribution in [2.75, 3.05) is 31.1 Å². The highest BCUT2D eigenvalue weighted by molar-refractivity contribution is 7.80. The van der Waals surface area contributed by atoms with Crippen LogP contribution in [0.4, 0.5) is 5.13 Å². The number of nitrogens with one attached hydrogen (secondary N) is 1. The van der Waals surface area contributed by atoms with Gasteiger partial charge in [0, 0.05) is 31.7 Å². The fourth-order valence-electron chi connectivity index (χ4n) is 2.93. The van der Waals surface area contributed by atoms with Crippen molar-refractivity contribution in [3.63, 3.8) is 0 Å². The largest absolute Gasteiger partial charge is 0.345 e. The molecule has 1 saturated heterocycles. The van der Waals surface area contributed by atoms with E-state index < -0.39 is 0 Å². The molecule has 26 heavy (non-hydrogen) atoms. The number of amides is 1. The number of rotatable bonds is 2. The van der Waals surface area contributed by atoms with E-state index in [0.29, 0.717) is 10.7 Å². The number of benzene rings is 2. The smallest absolute Gasteiger partial charge is 0.257 e. The summed E-state index contributed by atoms with van der Waals surface area (Å²) in [6.45, 7) is 3.20. The summed E-state index contributed by atoms with van der Waals surface area (Å²) in [6.07, 6.45) is 0. The zero-order valence-electron chi connectivity index (χ0n) is 14.1. The van der Waals surface area contributed by atoms with E-state index >= 15 is 0 Å². The van der Waals surface area contributed by atoms with E-state index in [1.165, 1.54) is 4.70 Å². The number of thiocarbonyl (C=S) groups is 1. The predicted octanol–water partition coefficient (Wildman–Crippen LogP) is 3.13. The first-order chi connectivity index (χ1) is 12.7. The molecule has 0 radical (unpaired) electrons. The molecule has 1 N–H and O–H groups in total. The summed E-state index contributed by atoms with van der Waals surface area (Å²) in [5.41, 5.74) is 1.66. The molecule has 0 spiro atoms. The first-order valence-electron chi connectivity index (χ1n) is 8.46. The standard InChI is InChI=1S/C19H18N4OS2/c24-17(14-6-2-1-3-7-14)21-18(25)22-10-12-23(13-11-22)19-20-15-8-4-5-9-16(15)26-19/h1-9H,10-13H2,(H,21,24,25). The minimum Gasteiger partial charge on any atom is -0.345 e. The van der Waals surface area contributed by atoms with Gasteiger partial charge >= 0.3 is 0 Å². The maximum absolute atomic E-state index is 12.2. The van der Waals surface area contributed by atoms with Crippen LogP contribution in [-0.2, 0) is 0 Å². The molecule has 5 nitrogen and oxygen atoms in total. The van der Waals surface area contributed by atoms with Crippen molar-refractivity contribution < 1.29 is 4.79 Å². The molecule has 0 saturated carbocycles. The number of hydrogen-bond donors (Lipinski definition) is 1. The van der Waals surface area contributed by atoms with Crippen molar-refractivity contribution in [3.8, 4) is 0 Å². The molecule has 7 heteroatoms. The molecule has 0 aliphatic carbocycles. The zero-order valence-corrected chi connectivity index (χ0v) is 15.7. The Kier molecular flexibility index (Phi) is 4.81. The summed E-state index contributed by atoms with van der Waals surface area (Å²) in [5.74, 6) is -0.163. The fraction of sp³-hybridized carbons (Fsp3) is 0.211. The average molecular weight is 383 g/mol. The summed E-state index contributed by atoms with van der Waals surface area (Å²) in [7, 11) is 0. The fourth-order valence-corrected chi connectivity index (χ4v) is 4.23. The molecular weight excluding hydrogens is 364 g/mol. The van der Waals surface area contributed by atoms with Crippen molar-refractivity contribution in [1.29, 1.82) is 0 Å². The van der Waals surface area contributed by atoms with Gasteiger partial charge in [0.15, 0.2) is 10.2 Å². The predicted molar refractivity (Wildman–Crippen MR) is 110 cm³/mol. The molecule has 0 unspecified atom stereocenters. The third-order valence-electron chi connectivity index (χ3n) is 4.38. The lowest BCUT2D eigenvalue weighted by Crippen LogP contribution is -2.52. The number of fused-ring (bicyclic) bond motifs is 1. The van der Waals surface area contributed by atoms with Crippen LogP contribution in [0.2, 0.25) is 0 Å². The number of thiazole rings is 1. The van der Waals surface area contributed by atoms with Gasteiger partial charge in [-0.25, -0.2) is 4.98 Å². The Balaban J connectivity index is 1.35. The highest BCUT2D eigenvalue weighted by Gasteiger charge is 2.22. The zero-order chi connectivity index (χ0) is 17.9. The number of carbonyl (C=O) groups is 1. The lowest BCUT2D eigenvalue weighted by Gasteiger charge is -2.35. The lowest BCUT2D eigenvalue weighted by atomic mass is 10.2. The minimum absolute atomic E-state index is 0.163. The van der Waals surface area contributed by atoms with Crippen LogP contribution in [0, 0.1) is 0 Å². The second-order valence-electron chi connectivity index (χ2n) is 6.06. The number of anilines is 1. The van der Waals surface area contributed by atoms with Gasteiger partial charge in [-0.3, -0.25) is 10.1 Å². The molecule has 1 amide bonds. The second-order valence-corrected chi connectivity index (χ2v) is 7.46. The summed E-state index contributed by atoms with van der Waals surface area (Å²) in [6, 6.07) is 17.3. The quantitative estimate of drug-likeness (QED) is 0.690. The Labute approximate surface area is 161 Å². The first kappa shape index (κ1) is 16.9. The van der Waals surface area contributed by atoms with Gasteiger partial charge in [0.1, 0.15) is 0 Å². The van der Waals surface area contributed by atoms with Gasteiger partial charge in [-0.15, -0.1) is 0 Å². The topological polar surface area (TPSA) is 48.5 Å². The van der Waals surface area contributed by atoms with Crippen LogP contribution in [0.5, 0.6) is 0 Å². The van der Waals surface area contributed by atoms with Crippen LogP contribution in [0.1, 0.15) is 10.4 Å². The van der Waals surface area contributed by atoms with Crippen LogP contribution in [0.25, 0.3) is 10.2 Å². The SMILES string of the molecule is O=C(NC(=S)N1CCN(c2nc3ccccc3s2)CC1)c1ccccc1. The van der Waals surface area contributed by atoms with E-state index in [1.807, 2.05) is 41.3 Å². The van der Waals surface area contributed by atoms with E-state index in [1.54, 1.807) is 23.5 Å². The molecule has 1 aromatic heterocycles. The van der Waals surface area contributed by atoms with E-state index in [2.05, 4.69) is 16.3 Å². The number of aromatic nitrogens is 1. The van der Waals surface area contributed by atoms with Crippen molar-refractivity contribution in [3.05, 3.63) is 60.2 Å². The Morgan fingerprint density at radius 1 is 1.00 bits per heavy atom. The highest BCUT2D eigenvalue weighted by Crippen LogP contribution is 2.29. The molecule has 132 valence electrons. The molecule has 0 atom stereocenters. The average Bonchev–Trinajstić information content (AvgIpc) is 3.13. The number of piperazine rings is 1. The van der Waals surface area contributed by atoms with Gasteiger partial charge in [-0.05, 0) is 36.5 Å². The normalized spacial score (nSPS) is 14.5. The van der Waals surface area contributed by atoms with Gasteiger partial charge in [-0.1, -0.05) is 41.7 Å². The molecular formula is C19H18N4OS2. The maximum Gasteiger partial charge on any atom is 0.257 e. The summed E-state index contributed by atoms with van der Waals surface area (Å²) in [4.78, 5) is 21.3. The summed E-state index contributed by atoms with van der Waals surface area (Å²) >= 11 is 7.14. The van der Waals surface area contributed by atoms with E-state index in [-0.39, 0.29) is 5.91 Å². The molecule has 1 aliphatic rings. The van der Waals surface area contributed by atoms with Crippen LogP contribution < -0.4 is 10.2 Å². The number of nitrogens with zero attached hydrogens (tertiary/aromatic N) is 3. The molecule has 2 aromatic carbocycles. The van der Waals surface area contributed by atoms with Gasteiger partial charge < -0.3 is 9.80 Å². The van der Waals surface area contributed by atoms with Gasteiger partial charge in [0.2, 0.25) is 0 Å². The van der Waals surface area contributed by atoms with Crippen LogP contribution in [-0.4, -0.2) is 47.1 Å². The van der Waals surface area contributed by atoms with Crippen LogP contribution in [0.15, 0.2) is 54.6 Å². The van der Waals surface area contributed by atoms with Gasteiger partial charge in [0.25, 0.3) is 5.91 Å². The third-order valence-corrected chi connectivity index (χ3v) is 5.83. The molecule has 2 heterocycles. The minimum atomic E-state index is -0.163. The molecule has 4 rings (SSSR count). The van der Waals surface area contributed by atoms with E-state index in [0.717, 1.165) is 36.8 Å². The van der Waals surface area contributed by atoms with E-state index in [4.69, 9.17) is 17.2 Å². The monoisotopic (exact) mass is 382 g/mol. The van der Waals surface area contributed by atoms with Crippen molar-refractivity contribution in [2.24, 2.45) is 0 Å². The van der Waals surface area contributed by atoms with Crippen molar-refractivity contribution in [1.82, 2.24) is 15.2 Å². The summed E-state index contributed by atoms with van der Waals surface area (Å²) in [5, 5.41) is 4.36. The Hall–Kier alpha value is -2.51. The van der Waals surface area contributed by atoms with Gasteiger partial charge in [0.05, 0.1) is 10.2 Å². The third kappa shape index (κ3) is 3.54. The lowest BCUT2D eigenvalue weighted by molar-refractivity contribution is 0.0973. The highest BCUT2D eigenvalue weighted by atomic mass is 32.1. The van der Waals surface area contributed by atoms with Crippen LogP contribution >= 0.6 is 23.6 Å². The van der Waals surface area contributed by atoms with E-state index in [9.17, 15) is 4.79 Å². The van der Waals surface area contributed by atoms with Crippen molar-refractivity contribution >= 4 is 49.9 Å². The van der Waals surface area contributed by atoms with Gasteiger partial charge in [-0.2, -0.15) is 0 Å². The number of carbonyl (C=O) groups excluding carboxylic acids is 1. The van der Waals surface area contributed by atoms with Crippen molar-refractivity contribution in [2.45, 2.75) is 0 Å². The molecule has 1 fully saturated rings. The van der Waals surface area contributed by atoms with Crippen LogP contribution in [0.3, 0.4) is 0 Å². The Morgan fingerprint density at radius 3 is 2.42 bits per heavy atom. The maximum atomic E-state index is 12.2. The second kappa shape index (κ2) is 7.39. The number of para-hydroxylation sites is 1.